The summed E-state index contributed by atoms with van der Waals surface area (Å²) in [6, 6.07) is 15.5. The number of piperazine rings is 1. The summed E-state index contributed by atoms with van der Waals surface area (Å²) in [5.41, 5.74) is 1.85. The summed E-state index contributed by atoms with van der Waals surface area (Å²) in [5, 5.41) is 3.04. The molecule has 2 aromatic rings. The number of nitrogens with zero attached hydrogens (tertiary/aromatic N) is 1. The fraction of sp³-hybridized carbons (Fsp3) is 0.409. The summed E-state index contributed by atoms with van der Waals surface area (Å²) in [6.45, 7) is 8.09. The smallest absolute Gasteiger partial charge is 0.282 e. The van der Waals surface area contributed by atoms with Crippen LogP contribution in [-0.4, -0.2) is 51.8 Å². The topological polar surface area (TPSA) is 55.2 Å². The summed E-state index contributed by atoms with van der Waals surface area (Å²) in [6.07, 6.45) is 0. The molecule has 3 rings (SSSR count). The number of hydrogen-bond acceptors (Lipinski definition) is 4. The summed E-state index contributed by atoms with van der Waals surface area (Å²) >= 11 is 0. The van der Waals surface area contributed by atoms with E-state index in [-0.39, 0.29) is 11.9 Å². The van der Waals surface area contributed by atoms with Gasteiger partial charge in [0.15, 0.2) is 6.04 Å². The quantitative estimate of drug-likeness (QED) is 0.765. The first-order valence-electron chi connectivity index (χ1n) is 9.89. The number of methoxy groups -OCH3 is 1. The molecule has 0 bridgehead atoms. The van der Waals surface area contributed by atoms with Gasteiger partial charge in [0.05, 0.1) is 51.3 Å². The van der Waals surface area contributed by atoms with Gasteiger partial charge in [-0.1, -0.05) is 24.3 Å². The summed E-state index contributed by atoms with van der Waals surface area (Å²) in [7, 11) is 1.70. The highest BCUT2D eigenvalue weighted by Gasteiger charge is 2.30. The van der Waals surface area contributed by atoms with E-state index >= 15 is 0 Å². The zero-order chi connectivity index (χ0) is 19.9. The monoisotopic (exact) mass is 384 g/mol. The van der Waals surface area contributed by atoms with E-state index in [1.165, 1.54) is 4.90 Å². The predicted molar refractivity (Wildman–Crippen MR) is 112 cm³/mol. The molecule has 1 amide bonds. The predicted octanol–water partition coefficient (Wildman–Crippen LogP) is 1.83. The van der Waals surface area contributed by atoms with Gasteiger partial charge in [-0.15, -0.1) is 0 Å². The van der Waals surface area contributed by atoms with Gasteiger partial charge in [-0.05, 0) is 38.1 Å². The number of benzene rings is 2. The van der Waals surface area contributed by atoms with Gasteiger partial charge in [-0.2, -0.15) is 0 Å². The molecule has 0 aliphatic carbocycles. The fourth-order valence-corrected chi connectivity index (χ4v) is 3.64. The number of para-hydroxylation sites is 4. The van der Waals surface area contributed by atoms with Crippen LogP contribution in [0.1, 0.15) is 13.8 Å². The maximum absolute atomic E-state index is 12.8. The average molecular weight is 385 g/mol. The maximum atomic E-state index is 12.8. The first-order chi connectivity index (χ1) is 13.6. The number of hydrogen-bond donors (Lipinski definition) is 2. The van der Waals surface area contributed by atoms with E-state index in [9.17, 15) is 4.79 Å². The molecule has 0 radical (unpaired) electrons. The van der Waals surface area contributed by atoms with Crippen molar-refractivity contribution in [3.05, 3.63) is 48.5 Å². The van der Waals surface area contributed by atoms with Gasteiger partial charge in [0.25, 0.3) is 5.91 Å². The van der Waals surface area contributed by atoms with E-state index in [2.05, 4.69) is 16.3 Å². The largest absolute Gasteiger partial charge is 0.495 e. The van der Waals surface area contributed by atoms with Crippen molar-refractivity contribution in [3.63, 3.8) is 0 Å². The summed E-state index contributed by atoms with van der Waals surface area (Å²) < 4.78 is 11.1. The van der Waals surface area contributed by atoms with Crippen LogP contribution in [0.25, 0.3) is 0 Å². The maximum Gasteiger partial charge on any atom is 0.282 e. The molecule has 150 valence electrons. The van der Waals surface area contributed by atoms with E-state index in [1.54, 1.807) is 7.11 Å². The van der Waals surface area contributed by atoms with Gasteiger partial charge in [0.2, 0.25) is 0 Å². The van der Waals surface area contributed by atoms with Gasteiger partial charge in [-0.3, -0.25) is 4.79 Å². The Hall–Kier alpha value is -2.73. The van der Waals surface area contributed by atoms with Crippen LogP contribution in [0.3, 0.4) is 0 Å². The number of rotatable bonds is 7. The van der Waals surface area contributed by atoms with E-state index in [0.29, 0.717) is 12.4 Å². The highest BCUT2D eigenvalue weighted by Crippen LogP contribution is 2.27. The van der Waals surface area contributed by atoms with Gasteiger partial charge >= 0.3 is 0 Å². The standard InChI is InChI=1S/C22H29N3O3/c1-4-28-20-11-7-5-9-18(20)23-22(26)17(2)24-13-15-25(16-14-24)19-10-6-8-12-21(19)27-3/h5-12,17H,4,13-16H2,1-3H3,(H,23,26)/p+1/t17-/m1/s1. The summed E-state index contributed by atoms with van der Waals surface area (Å²) in [5.74, 6) is 1.62. The molecule has 1 saturated heterocycles. The lowest BCUT2D eigenvalue weighted by Gasteiger charge is -2.36. The molecular formula is C22H30N3O3+. The molecule has 6 heteroatoms. The van der Waals surface area contributed by atoms with Crippen molar-refractivity contribution in [1.82, 2.24) is 0 Å². The Morgan fingerprint density at radius 2 is 1.75 bits per heavy atom. The average Bonchev–Trinajstić information content (AvgIpc) is 2.75. The van der Waals surface area contributed by atoms with Crippen LogP contribution in [0.4, 0.5) is 11.4 Å². The molecule has 2 aromatic carbocycles. The number of amides is 1. The second kappa shape index (κ2) is 9.46. The second-order valence-electron chi connectivity index (χ2n) is 6.96. The van der Waals surface area contributed by atoms with Crippen molar-refractivity contribution >= 4 is 17.3 Å². The van der Waals surface area contributed by atoms with Gasteiger partial charge < -0.3 is 24.6 Å². The molecule has 1 heterocycles. The minimum atomic E-state index is -0.130. The Morgan fingerprint density at radius 1 is 1.11 bits per heavy atom. The molecule has 28 heavy (non-hydrogen) atoms. The lowest BCUT2D eigenvalue weighted by Crippen LogP contribution is -3.19. The van der Waals surface area contributed by atoms with Crippen LogP contribution in [0, 0.1) is 0 Å². The Balaban J connectivity index is 1.59. The lowest BCUT2D eigenvalue weighted by atomic mass is 10.2. The molecule has 2 N–H and O–H groups in total. The highest BCUT2D eigenvalue weighted by molar-refractivity contribution is 5.94. The molecule has 1 fully saturated rings. The van der Waals surface area contributed by atoms with Crippen LogP contribution < -0.4 is 24.6 Å². The molecule has 1 aliphatic rings. The van der Waals surface area contributed by atoms with Crippen molar-refractivity contribution in [2.75, 3.05) is 50.1 Å². The van der Waals surface area contributed by atoms with Crippen LogP contribution >= 0.6 is 0 Å². The molecule has 0 aromatic heterocycles. The van der Waals surface area contributed by atoms with Crippen molar-refractivity contribution in [3.8, 4) is 11.5 Å². The zero-order valence-electron chi connectivity index (χ0n) is 16.9. The Labute approximate surface area is 167 Å². The molecule has 0 unspecified atom stereocenters. The third kappa shape index (κ3) is 4.57. The number of ether oxygens (including phenoxy) is 2. The van der Waals surface area contributed by atoms with Gasteiger partial charge in [0.1, 0.15) is 11.5 Å². The van der Waals surface area contributed by atoms with Crippen LogP contribution in [-0.2, 0) is 4.79 Å². The molecule has 1 atom stereocenters. The molecule has 0 saturated carbocycles. The number of quaternary nitrogens is 1. The van der Waals surface area contributed by atoms with E-state index in [0.717, 1.165) is 43.3 Å². The zero-order valence-corrected chi connectivity index (χ0v) is 16.9. The first kappa shape index (κ1) is 20.0. The number of carbonyl (C=O) groups is 1. The SMILES string of the molecule is CCOc1ccccc1NC(=O)[C@@H](C)[NH+]1CCN(c2ccccc2OC)CC1. The van der Waals surface area contributed by atoms with Crippen molar-refractivity contribution in [2.24, 2.45) is 0 Å². The van der Waals surface area contributed by atoms with Crippen molar-refractivity contribution < 1.29 is 19.2 Å². The number of anilines is 2. The molecule has 0 spiro atoms. The van der Waals surface area contributed by atoms with Crippen LogP contribution in [0.2, 0.25) is 0 Å². The lowest BCUT2D eigenvalue weighted by molar-refractivity contribution is -0.914. The molecular weight excluding hydrogens is 354 g/mol. The Morgan fingerprint density at radius 3 is 2.43 bits per heavy atom. The van der Waals surface area contributed by atoms with Gasteiger partial charge in [-0.25, -0.2) is 0 Å². The first-order valence-corrected chi connectivity index (χ1v) is 9.89. The van der Waals surface area contributed by atoms with E-state index < -0.39 is 0 Å². The number of nitrogens with one attached hydrogen (secondary N) is 2. The fourth-order valence-electron chi connectivity index (χ4n) is 3.64. The van der Waals surface area contributed by atoms with Crippen molar-refractivity contribution in [2.45, 2.75) is 19.9 Å². The second-order valence-corrected chi connectivity index (χ2v) is 6.96. The van der Waals surface area contributed by atoms with Crippen molar-refractivity contribution in [1.29, 1.82) is 0 Å². The van der Waals surface area contributed by atoms with E-state index in [4.69, 9.17) is 9.47 Å². The molecule has 6 nitrogen and oxygen atoms in total. The third-order valence-electron chi connectivity index (χ3n) is 5.28. The minimum Gasteiger partial charge on any atom is -0.495 e. The third-order valence-corrected chi connectivity index (χ3v) is 5.28. The Bertz CT molecular complexity index is 788. The number of carbonyl (C=O) groups excluding carboxylic acids is 1. The van der Waals surface area contributed by atoms with E-state index in [1.807, 2.05) is 56.3 Å². The van der Waals surface area contributed by atoms with Crippen LogP contribution in [0.5, 0.6) is 11.5 Å². The van der Waals surface area contributed by atoms with Crippen LogP contribution in [0.15, 0.2) is 48.5 Å². The minimum absolute atomic E-state index is 0.0212. The van der Waals surface area contributed by atoms with Gasteiger partial charge in [0, 0.05) is 0 Å². The summed E-state index contributed by atoms with van der Waals surface area (Å²) in [4.78, 5) is 16.4. The normalized spacial score (nSPS) is 15.8. The Kier molecular flexibility index (Phi) is 6.76. The highest BCUT2D eigenvalue weighted by atomic mass is 16.5. The molecule has 1 aliphatic heterocycles.